The first kappa shape index (κ1) is 19.5. The molecule has 2 heterocycles. The molecule has 154 valence electrons. The number of carbonyl (C=O) groups is 2. The summed E-state index contributed by atoms with van der Waals surface area (Å²) < 4.78 is 0. The Balaban J connectivity index is 1.26. The smallest absolute Gasteiger partial charge is 0.239 e. The highest BCUT2D eigenvalue weighted by Gasteiger charge is 2.26. The zero-order valence-corrected chi connectivity index (χ0v) is 16.7. The molecule has 0 radical (unpaired) electrons. The first-order valence-corrected chi connectivity index (χ1v) is 10.6. The van der Waals surface area contributed by atoms with Crippen LogP contribution in [0.2, 0.25) is 0 Å². The molecule has 1 aromatic carbocycles. The molecule has 2 aromatic rings. The lowest BCUT2D eigenvalue weighted by Crippen LogP contribution is -2.45. The van der Waals surface area contributed by atoms with Crippen LogP contribution in [0.1, 0.15) is 57.4 Å². The molecule has 8 heteroatoms. The molecule has 0 spiro atoms. The van der Waals surface area contributed by atoms with Crippen LogP contribution in [-0.4, -0.2) is 56.1 Å². The third-order valence-corrected chi connectivity index (χ3v) is 5.85. The summed E-state index contributed by atoms with van der Waals surface area (Å²) in [5, 5.41) is 16.1. The third kappa shape index (κ3) is 4.99. The van der Waals surface area contributed by atoms with Crippen LogP contribution in [0.4, 0.5) is 0 Å². The lowest BCUT2D eigenvalue weighted by Gasteiger charge is -2.29. The van der Waals surface area contributed by atoms with Gasteiger partial charge in [0.2, 0.25) is 17.6 Å². The van der Waals surface area contributed by atoms with Gasteiger partial charge in [-0.05, 0) is 43.7 Å². The fraction of sp³-hybridized carbons (Fsp3) is 0.571. The van der Waals surface area contributed by atoms with E-state index in [1.54, 1.807) is 9.70 Å². The lowest BCUT2D eigenvalue weighted by atomic mass is 9.91. The number of hydrogen-bond donors (Lipinski definition) is 1. The molecule has 1 aliphatic heterocycles. The van der Waals surface area contributed by atoms with E-state index in [2.05, 4.69) is 20.7 Å². The minimum Gasteiger partial charge on any atom is -0.352 e. The Labute approximate surface area is 170 Å². The van der Waals surface area contributed by atoms with Crippen LogP contribution in [0.25, 0.3) is 11.4 Å². The number of nitrogens with zero attached hydrogens (tertiary/aromatic N) is 5. The van der Waals surface area contributed by atoms with Gasteiger partial charge in [0.25, 0.3) is 0 Å². The number of likely N-dealkylation sites (tertiary alicyclic amines) is 1. The summed E-state index contributed by atoms with van der Waals surface area (Å²) in [6, 6.07) is 10.2. The van der Waals surface area contributed by atoms with E-state index >= 15 is 0 Å². The predicted octanol–water partition coefficient (Wildman–Crippen LogP) is 2.34. The number of nitrogens with one attached hydrogen (secondary N) is 1. The monoisotopic (exact) mass is 396 g/mol. The van der Waals surface area contributed by atoms with Crippen molar-refractivity contribution in [3.63, 3.8) is 0 Å². The van der Waals surface area contributed by atoms with E-state index in [0.29, 0.717) is 18.8 Å². The number of benzene rings is 1. The fourth-order valence-corrected chi connectivity index (χ4v) is 4.19. The predicted molar refractivity (Wildman–Crippen MR) is 108 cm³/mol. The Morgan fingerprint density at radius 2 is 1.86 bits per heavy atom. The van der Waals surface area contributed by atoms with Gasteiger partial charge in [-0.2, -0.15) is 4.80 Å². The second-order valence-corrected chi connectivity index (χ2v) is 8.00. The number of rotatable bonds is 5. The maximum absolute atomic E-state index is 12.4. The van der Waals surface area contributed by atoms with E-state index in [9.17, 15) is 9.59 Å². The summed E-state index contributed by atoms with van der Waals surface area (Å²) in [5.74, 6) is 0.699. The van der Waals surface area contributed by atoms with Crippen molar-refractivity contribution in [2.45, 2.75) is 63.5 Å². The molecule has 2 fully saturated rings. The largest absolute Gasteiger partial charge is 0.352 e. The highest BCUT2D eigenvalue weighted by atomic mass is 16.2. The maximum atomic E-state index is 12.4. The van der Waals surface area contributed by atoms with Crippen LogP contribution in [-0.2, 0) is 9.59 Å². The van der Waals surface area contributed by atoms with Crippen LogP contribution < -0.4 is 5.32 Å². The minimum absolute atomic E-state index is 0.0473. The van der Waals surface area contributed by atoms with Crippen molar-refractivity contribution in [2.24, 2.45) is 0 Å². The van der Waals surface area contributed by atoms with Crippen LogP contribution in [0, 0.1) is 0 Å². The van der Waals surface area contributed by atoms with Crippen LogP contribution in [0.5, 0.6) is 0 Å². The van der Waals surface area contributed by atoms with Gasteiger partial charge in [0.05, 0.1) is 12.6 Å². The Kier molecular flexibility index (Phi) is 6.17. The van der Waals surface area contributed by atoms with Crippen LogP contribution >= 0.6 is 0 Å². The third-order valence-electron chi connectivity index (χ3n) is 5.85. The molecule has 0 unspecified atom stereocenters. The number of amides is 2. The van der Waals surface area contributed by atoms with Crippen LogP contribution in [0.3, 0.4) is 0 Å². The molecule has 2 amide bonds. The van der Waals surface area contributed by atoms with E-state index in [1.807, 2.05) is 30.3 Å². The molecule has 1 saturated carbocycles. The van der Waals surface area contributed by atoms with Gasteiger partial charge in [-0.15, -0.1) is 10.2 Å². The molecule has 1 aromatic heterocycles. The zero-order valence-electron chi connectivity index (χ0n) is 16.7. The average molecular weight is 396 g/mol. The first-order valence-electron chi connectivity index (χ1n) is 10.6. The number of carbonyl (C=O) groups excluding carboxylic acids is 2. The summed E-state index contributed by atoms with van der Waals surface area (Å²) in [6.07, 6.45) is 7.11. The molecule has 1 aliphatic carbocycles. The molecular formula is C21H28N6O2. The molecule has 2 aliphatic rings. The number of hydrogen-bond acceptors (Lipinski definition) is 5. The Bertz CT molecular complexity index is 829. The van der Waals surface area contributed by atoms with Crippen LogP contribution in [0.15, 0.2) is 30.3 Å². The average Bonchev–Trinajstić information content (AvgIpc) is 3.15. The molecule has 1 saturated heterocycles. The molecule has 4 rings (SSSR count). The maximum Gasteiger partial charge on any atom is 0.239 e. The summed E-state index contributed by atoms with van der Waals surface area (Å²) >= 11 is 0. The highest BCUT2D eigenvalue weighted by molar-refractivity contribution is 5.85. The molecule has 8 nitrogen and oxygen atoms in total. The summed E-state index contributed by atoms with van der Waals surface area (Å²) in [6.45, 7) is 0.880. The molecule has 0 atom stereocenters. The lowest BCUT2D eigenvalue weighted by molar-refractivity contribution is -0.135. The van der Waals surface area contributed by atoms with Gasteiger partial charge in [-0.25, -0.2) is 0 Å². The van der Waals surface area contributed by atoms with Crippen molar-refractivity contribution in [3.05, 3.63) is 30.3 Å². The van der Waals surface area contributed by atoms with Crippen molar-refractivity contribution in [3.8, 4) is 11.4 Å². The Morgan fingerprint density at radius 3 is 2.66 bits per heavy atom. The second kappa shape index (κ2) is 9.15. The van der Waals surface area contributed by atoms with Crippen molar-refractivity contribution in [2.75, 3.05) is 13.1 Å². The van der Waals surface area contributed by atoms with E-state index in [-0.39, 0.29) is 30.4 Å². The topological polar surface area (TPSA) is 93.0 Å². The molecule has 29 heavy (non-hydrogen) atoms. The number of tetrazole rings is 1. The zero-order chi connectivity index (χ0) is 20.1. The number of aromatic nitrogens is 4. The minimum atomic E-state index is -0.0473. The van der Waals surface area contributed by atoms with E-state index in [0.717, 1.165) is 50.5 Å². The molecule has 0 bridgehead atoms. The van der Waals surface area contributed by atoms with Gasteiger partial charge >= 0.3 is 0 Å². The van der Waals surface area contributed by atoms with E-state index in [4.69, 9.17) is 0 Å². The van der Waals surface area contributed by atoms with Gasteiger partial charge in [0.1, 0.15) is 0 Å². The Morgan fingerprint density at radius 1 is 1.07 bits per heavy atom. The van der Waals surface area contributed by atoms with E-state index in [1.165, 1.54) is 0 Å². The van der Waals surface area contributed by atoms with Crippen molar-refractivity contribution >= 4 is 11.8 Å². The van der Waals surface area contributed by atoms with Crippen molar-refractivity contribution in [1.82, 2.24) is 30.4 Å². The SMILES string of the molecule is O=C(CN1CCCCCC1=O)NC1CCC(n2nnc(-c3ccccc3)n2)CC1. The van der Waals surface area contributed by atoms with Crippen molar-refractivity contribution < 1.29 is 9.59 Å². The van der Waals surface area contributed by atoms with Gasteiger partial charge in [0, 0.05) is 24.6 Å². The summed E-state index contributed by atoms with van der Waals surface area (Å²) in [7, 11) is 0. The molecular weight excluding hydrogens is 368 g/mol. The van der Waals surface area contributed by atoms with Gasteiger partial charge in [0.15, 0.2) is 0 Å². The van der Waals surface area contributed by atoms with E-state index < -0.39 is 0 Å². The second-order valence-electron chi connectivity index (χ2n) is 8.00. The van der Waals surface area contributed by atoms with Crippen molar-refractivity contribution in [1.29, 1.82) is 0 Å². The van der Waals surface area contributed by atoms with Gasteiger partial charge in [-0.3, -0.25) is 9.59 Å². The fourth-order valence-electron chi connectivity index (χ4n) is 4.19. The Hall–Kier alpha value is -2.77. The summed E-state index contributed by atoms with van der Waals surface area (Å²) in [5.41, 5.74) is 0.961. The highest BCUT2D eigenvalue weighted by Crippen LogP contribution is 2.28. The first-order chi connectivity index (χ1) is 14.2. The quantitative estimate of drug-likeness (QED) is 0.837. The summed E-state index contributed by atoms with van der Waals surface area (Å²) in [4.78, 5) is 27.9. The van der Waals surface area contributed by atoms with Gasteiger partial charge in [-0.1, -0.05) is 36.8 Å². The normalized spacial score (nSPS) is 22.9. The molecule has 1 N–H and O–H groups in total. The standard InChI is InChI=1S/C21H28N6O2/c28-19(15-26-14-6-2-5-9-20(26)29)22-17-10-12-18(13-11-17)27-24-21(23-25-27)16-7-3-1-4-8-16/h1,3-4,7-8,17-18H,2,5-6,9-15H2,(H,22,28). The van der Waals surface area contributed by atoms with Gasteiger partial charge < -0.3 is 10.2 Å².